The molecule has 0 amide bonds. The fourth-order valence-corrected chi connectivity index (χ4v) is 0.0907. The number of hydrogen-bond donors (Lipinski definition) is 2. The Labute approximate surface area is 203 Å². The van der Waals surface area contributed by atoms with E-state index in [0.29, 0.717) is 0 Å². The van der Waals surface area contributed by atoms with Gasteiger partial charge < -0.3 is 34.9 Å². The molecule has 0 saturated carbocycles. The second-order valence-corrected chi connectivity index (χ2v) is 3.83. The van der Waals surface area contributed by atoms with Gasteiger partial charge in [-0.1, -0.05) is 0 Å². The molecule has 0 heterocycles. The van der Waals surface area contributed by atoms with Crippen molar-refractivity contribution in [1.29, 1.82) is 0 Å². The van der Waals surface area contributed by atoms with Gasteiger partial charge in [-0.3, -0.25) is 0 Å². The van der Waals surface area contributed by atoms with E-state index in [2.05, 4.69) is 4.57 Å². The largest absolute Gasteiger partial charge is 1.00 e. The molecule has 0 bridgehead atoms. The molecule has 0 spiro atoms. The maximum Gasteiger partial charge on any atom is 1.00 e. The fraction of sp³-hybridized carbons (Fsp3) is 1.00. The van der Waals surface area contributed by atoms with Crippen LogP contribution in [0.5, 0.6) is 0 Å². The van der Waals surface area contributed by atoms with E-state index in [1.165, 1.54) is 0 Å². The van der Waals surface area contributed by atoms with Crippen molar-refractivity contribution in [3.8, 4) is 0 Å². The van der Waals surface area contributed by atoms with Crippen LogP contribution in [0.15, 0.2) is 0 Å². The van der Waals surface area contributed by atoms with Crippen molar-refractivity contribution in [2.45, 2.75) is 38.9 Å². The van der Waals surface area contributed by atoms with E-state index in [1.54, 1.807) is 27.7 Å². The molecule has 0 radical (unpaired) electrons. The first-order valence-corrected chi connectivity index (χ1v) is 4.11. The van der Waals surface area contributed by atoms with Gasteiger partial charge in [0.2, 0.25) is 0 Å². The van der Waals surface area contributed by atoms with Crippen LogP contribution in [-0.2, 0) is 4.57 Å². The van der Waals surface area contributed by atoms with Gasteiger partial charge in [-0.25, -0.2) is 0 Å². The molecule has 7 nitrogen and oxygen atoms in total. The van der Waals surface area contributed by atoms with Crippen LogP contribution in [0.25, 0.3) is 0 Å². The molecule has 0 aliphatic carbocycles. The molecule has 0 aromatic heterocycles. The standard InChI is InChI=1S/C6H14O2.B2O5.4Na/c1-5(2,7)6(3,4)8;3-1(4)7-2(5)6;;;;/h7-8H,1-4H3;;;;;/q;-4;4*+1. The number of hydrogen-bond acceptors (Lipinski definition) is 7. The Morgan fingerprint density at radius 1 is 0.684 bits per heavy atom. The van der Waals surface area contributed by atoms with Gasteiger partial charge in [-0.15, -0.1) is 0 Å². The predicted octanol–water partition coefficient (Wildman–Crippen LogP) is -17.0. The van der Waals surface area contributed by atoms with Crippen LogP contribution < -0.4 is 138 Å². The molecule has 19 heavy (non-hydrogen) atoms. The van der Waals surface area contributed by atoms with Crippen LogP contribution in [0.2, 0.25) is 0 Å². The minimum absolute atomic E-state index is 0. The zero-order valence-electron chi connectivity index (χ0n) is 13.1. The second kappa shape index (κ2) is 18.2. The van der Waals surface area contributed by atoms with E-state index in [4.69, 9.17) is 30.3 Å². The Hall–Kier alpha value is 3.85. The van der Waals surface area contributed by atoms with E-state index in [1.807, 2.05) is 0 Å². The van der Waals surface area contributed by atoms with Gasteiger partial charge in [0.05, 0.1) is 11.2 Å². The Bertz CT molecular complexity index is 156. The quantitative estimate of drug-likeness (QED) is 0.493. The van der Waals surface area contributed by atoms with Crippen LogP contribution in [0.4, 0.5) is 0 Å². The summed E-state index contributed by atoms with van der Waals surface area (Å²) in [6, 6.07) is 0. The van der Waals surface area contributed by atoms with Gasteiger partial charge in [0, 0.05) is 14.6 Å². The topological polar surface area (TPSA) is 142 Å². The second-order valence-electron chi connectivity index (χ2n) is 3.83. The molecule has 0 aromatic carbocycles. The Kier molecular flexibility index (Phi) is 36.8. The van der Waals surface area contributed by atoms with Gasteiger partial charge in [0.1, 0.15) is 0 Å². The molecular formula is C6H14B2Na4O7. The minimum Gasteiger partial charge on any atom is -0.872 e. The van der Waals surface area contributed by atoms with Crippen molar-refractivity contribution in [3.63, 3.8) is 0 Å². The minimum atomic E-state index is -2.75. The summed E-state index contributed by atoms with van der Waals surface area (Å²) in [5, 5.41) is 54.8. The average Bonchev–Trinajstić information content (AvgIpc) is 1.78. The first kappa shape index (κ1) is 38.4. The summed E-state index contributed by atoms with van der Waals surface area (Å²) in [6.45, 7) is 6.31. The summed E-state index contributed by atoms with van der Waals surface area (Å²) in [7, 11) is -5.50. The fourth-order valence-electron chi connectivity index (χ4n) is 0.0907. The Morgan fingerprint density at radius 2 is 0.842 bits per heavy atom. The van der Waals surface area contributed by atoms with Gasteiger partial charge in [-0.05, 0) is 27.7 Å². The molecule has 0 aromatic rings. The van der Waals surface area contributed by atoms with Crippen molar-refractivity contribution in [2.24, 2.45) is 0 Å². The van der Waals surface area contributed by atoms with Crippen molar-refractivity contribution < 1.29 is 153 Å². The van der Waals surface area contributed by atoms with Crippen LogP contribution in [-0.4, -0.2) is 36.1 Å². The Balaban J connectivity index is -0.0000000369. The van der Waals surface area contributed by atoms with Crippen molar-refractivity contribution in [1.82, 2.24) is 0 Å². The van der Waals surface area contributed by atoms with E-state index in [-0.39, 0.29) is 118 Å². The number of rotatable bonds is 3. The third-order valence-electron chi connectivity index (χ3n) is 1.72. The molecule has 90 valence electrons. The molecule has 0 rings (SSSR count). The molecule has 0 fully saturated rings. The molecular weight excluding hydrogens is 298 g/mol. The van der Waals surface area contributed by atoms with Crippen molar-refractivity contribution >= 4 is 14.6 Å². The Morgan fingerprint density at radius 3 is 0.842 bits per heavy atom. The van der Waals surface area contributed by atoms with Crippen molar-refractivity contribution in [3.05, 3.63) is 0 Å². The SMILES string of the molecule is CC(C)(O)C(C)(C)O.[Na+].[Na+].[Na+].[Na+].[O-]B([O-])OB([O-])[O-]. The summed E-state index contributed by atoms with van der Waals surface area (Å²) in [4.78, 5) is 0. The zero-order valence-corrected chi connectivity index (χ0v) is 21.1. The van der Waals surface area contributed by atoms with Crippen LogP contribution in [0, 0.1) is 0 Å². The predicted molar refractivity (Wildman–Crippen MR) is 45.2 cm³/mol. The summed E-state index contributed by atoms with van der Waals surface area (Å²) in [5.74, 6) is 0. The molecule has 2 N–H and O–H groups in total. The van der Waals surface area contributed by atoms with E-state index < -0.39 is 25.8 Å². The molecule has 0 saturated heterocycles. The van der Waals surface area contributed by atoms with E-state index in [0.717, 1.165) is 0 Å². The third kappa shape index (κ3) is 30.3. The van der Waals surface area contributed by atoms with E-state index >= 15 is 0 Å². The van der Waals surface area contributed by atoms with Crippen LogP contribution >= 0.6 is 0 Å². The van der Waals surface area contributed by atoms with Crippen LogP contribution in [0.3, 0.4) is 0 Å². The molecule has 13 heteroatoms. The molecule has 0 aliphatic heterocycles. The molecule has 0 atom stereocenters. The van der Waals surface area contributed by atoms with E-state index in [9.17, 15) is 0 Å². The molecule has 0 aliphatic rings. The van der Waals surface area contributed by atoms with Gasteiger partial charge in [0.15, 0.2) is 0 Å². The zero-order chi connectivity index (χ0) is 12.9. The first-order chi connectivity index (χ1) is 6.38. The van der Waals surface area contributed by atoms with Gasteiger partial charge >= 0.3 is 118 Å². The van der Waals surface area contributed by atoms with Gasteiger partial charge in [-0.2, -0.15) is 0 Å². The smallest absolute Gasteiger partial charge is 0.872 e. The maximum absolute atomic E-state index is 9.16. The summed E-state index contributed by atoms with van der Waals surface area (Å²) >= 11 is 0. The van der Waals surface area contributed by atoms with Crippen molar-refractivity contribution in [2.75, 3.05) is 0 Å². The summed E-state index contributed by atoms with van der Waals surface area (Å²) in [5.41, 5.74) is -2.01. The normalized spacial score (nSPS) is 9.16. The van der Waals surface area contributed by atoms with Gasteiger partial charge in [0.25, 0.3) is 0 Å². The monoisotopic (exact) mass is 312 g/mol. The average molecular weight is 312 g/mol. The number of aliphatic hydroxyl groups is 2. The summed E-state index contributed by atoms with van der Waals surface area (Å²) < 4.78 is 3.03. The molecule has 0 unspecified atom stereocenters. The summed E-state index contributed by atoms with van der Waals surface area (Å²) in [6.07, 6.45) is 0. The maximum atomic E-state index is 9.16. The first-order valence-electron chi connectivity index (χ1n) is 4.11. The van der Waals surface area contributed by atoms with Crippen LogP contribution in [0.1, 0.15) is 27.7 Å². The third-order valence-corrected chi connectivity index (χ3v) is 1.72.